The van der Waals surface area contributed by atoms with Crippen LogP contribution in [0.3, 0.4) is 0 Å². The molecule has 0 spiro atoms. The molecule has 1 heterocycles. The maximum Gasteiger partial charge on any atom is 0.192 e. The van der Waals surface area contributed by atoms with Crippen LogP contribution in [0.25, 0.3) is 11.1 Å². The number of aryl methyl sites for hydroxylation is 1. The lowest BCUT2D eigenvalue weighted by atomic mass is 10.2. The fraction of sp³-hybridized carbons (Fsp3) is 0.111. The van der Waals surface area contributed by atoms with E-state index in [1.54, 1.807) is 25.1 Å². The lowest BCUT2D eigenvalue weighted by molar-refractivity contribution is 0.112. The number of oxazole rings is 1. The Labute approximate surface area is 69.0 Å². The van der Waals surface area contributed by atoms with E-state index in [0.717, 1.165) is 11.8 Å². The molecule has 0 aliphatic heterocycles. The molecule has 0 radical (unpaired) electrons. The molecule has 0 atom stereocenters. The Balaban J connectivity index is 2.74. The first-order valence-corrected chi connectivity index (χ1v) is 3.62. The summed E-state index contributed by atoms with van der Waals surface area (Å²) in [6.45, 7) is 1.78. The molecule has 2 rings (SSSR count). The molecule has 1 aromatic heterocycles. The summed E-state index contributed by atoms with van der Waals surface area (Å²) in [5.74, 6) is 0.619. The van der Waals surface area contributed by atoms with Crippen molar-refractivity contribution in [1.82, 2.24) is 4.98 Å². The molecule has 0 unspecified atom stereocenters. The second-order valence-corrected chi connectivity index (χ2v) is 2.58. The van der Waals surface area contributed by atoms with Gasteiger partial charge in [0.1, 0.15) is 11.8 Å². The molecule has 1 aromatic carbocycles. The lowest BCUT2D eigenvalue weighted by Crippen LogP contribution is -1.76. The number of aromatic nitrogens is 1. The van der Waals surface area contributed by atoms with E-state index in [2.05, 4.69) is 4.98 Å². The number of aldehydes is 1. The number of carbonyl (C=O) groups excluding carboxylic acids is 1. The molecule has 3 heteroatoms. The van der Waals surface area contributed by atoms with Crippen LogP contribution in [0.2, 0.25) is 0 Å². The first-order chi connectivity index (χ1) is 5.79. The van der Waals surface area contributed by atoms with E-state index < -0.39 is 0 Å². The van der Waals surface area contributed by atoms with Crippen LogP contribution >= 0.6 is 0 Å². The van der Waals surface area contributed by atoms with Crippen molar-refractivity contribution < 1.29 is 9.21 Å². The largest absolute Gasteiger partial charge is 0.441 e. The number of rotatable bonds is 1. The summed E-state index contributed by atoms with van der Waals surface area (Å²) < 4.78 is 5.24. The van der Waals surface area contributed by atoms with E-state index in [1.165, 1.54) is 0 Å². The monoisotopic (exact) mass is 161 g/mol. The van der Waals surface area contributed by atoms with Crippen LogP contribution in [0.4, 0.5) is 0 Å². The molecule has 0 aliphatic rings. The highest BCUT2D eigenvalue weighted by Gasteiger charge is 2.01. The average Bonchev–Trinajstić information content (AvgIpc) is 2.43. The number of nitrogens with zero attached hydrogens (tertiary/aromatic N) is 1. The minimum Gasteiger partial charge on any atom is -0.441 e. The van der Waals surface area contributed by atoms with Crippen molar-refractivity contribution >= 4 is 17.4 Å². The van der Waals surface area contributed by atoms with Gasteiger partial charge in [0.2, 0.25) is 0 Å². The van der Waals surface area contributed by atoms with Gasteiger partial charge in [-0.3, -0.25) is 4.79 Å². The van der Waals surface area contributed by atoms with E-state index in [4.69, 9.17) is 4.42 Å². The molecule has 3 nitrogen and oxygen atoms in total. The molecule has 0 bridgehead atoms. The fourth-order valence-corrected chi connectivity index (χ4v) is 1.13. The predicted octanol–water partition coefficient (Wildman–Crippen LogP) is 1.95. The highest BCUT2D eigenvalue weighted by molar-refractivity contribution is 5.83. The summed E-state index contributed by atoms with van der Waals surface area (Å²) in [7, 11) is 0. The summed E-state index contributed by atoms with van der Waals surface area (Å²) in [5, 5.41) is 0. The van der Waals surface area contributed by atoms with E-state index in [1.807, 2.05) is 0 Å². The van der Waals surface area contributed by atoms with Crippen LogP contribution in [0.1, 0.15) is 16.2 Å². The number of fused-ring (bicyclic) bond motifs is 1. The van der Waals surface area contributed by atoms with Gasteiger partial charge < -0.3 is 4.42 Å². The minimum absolute atomic E-state index is 0.610. The molecule has 12 heavy (non-hydrogen) atoms. The number of benzene rings is 1. The SMILES string of the molecule is Cc1nc2ccc(C=O)cc2o1. The number of carbonyl (C=O) groups is 1. The molecule has 0 saturated carbocycles. The van der Waals surface area contributed by atoms with E-state index in [0.29, 0.717) is 17.0 Å². The van der Waals surface area contributed by atoms with Crippen LogP contribution in [-0.4, -0.2) is 11.3 Å². The molecular formula is C9H7NO2. The summed E-state index contributed by atoms with van der Waals surface area (Å²) in [5.41, 5.74) is 2.06. The lowest BCUT2D eigenvalue weighted by Gasteiger charge is -1.87. The summed E-state index contributed by atoms with van der Waals surface area (Å²) in [4.78, 5) is 14.5. The maximum atomic E-state index is 10.4. The van der Waals surface area contributed by atoms with Gasteiger partial charge in [0.25, 0.3) is 0 Å². The van der Waals surface area contributed by atoms with Gasteiger partial charge >= 0.3 is 0 Å². The number of hydrogen-bond donors (Lipinski definition) is 0. The molecule has 60 valence electrons. The van der Waals surface area contributed by atoms with Gasteiger partial charge in [-0.2, -0.15) is 0 Å². The molecule has 0 amide bonds. The second kappa shape index (κ2) is 2.44. The van der Waals surface area contributed by atoms with Gasteiger partial charge in [-0.15, -0.1) is 0 Å². The smallest absolute Gasteiger partial charge is 0.192 e. The first kappa shape index (κ1) is 7.03. The van der Waals surface area contributed by atoms with Crippen molar-refractivity contribution in [2.24, 2.45) is 0 Å². The third-order valence-corrected chi connectivity index (χ3v) is 1.66. The van der Waals surface area contributed by atoms with Crippen molar-refractivity contribution in [2.45, 2.75) is 6.92 Å². The molecule has 0 fully saturated rings. The predicted molar refractivity (Wildman–Crippen MR) is 44.1 cm³/mol. The van der Waals surface area contributed by atoms with Crippen LogP contribution < -0.4 is 0 Å². The summed E-state index contributed by atoms with van der Waals surface area (Å²) in [6, 6.07) is 5.18. The normalized spacial score (nSPS) is 10.4. The zero-order valence-corrected chi connectivity index (χ0v) is 6.57. The van der Waals surface area contributed by atoms with E-state index in [-0.39, 0.29) is 0 Å². The van der Waals surface area contributed by atoms with E-state index in [9.17, 15) is 4.79 Å². The van der Waals surface area contributed by atoms with Crippen molar-refractivity contribution in [2.75, 3.05) is 0 Å². The highest BCUT2D eigenvalue weighted by Crippen LogP contribution is 2.15. The summed E-state index contributed by atoms with van der Waals surface area (Å²) in [6.07, 6.45) is 0.789. The Morgan fingerprint density at radius 3 is 3.08 bits per heavy atom. The Morgan fingerprint density at radius 1 is 1.50 bits per heavy atom. The van der Waals surface area contributed by atoms with Crippen LogP contribution in [0.5, 0.6) is 0 Å². The molecule has 0 aliphatic carbocycles. The maximum absolute atomic E-state index is 10.4. The van der Waals surface area contributed by atoms with Crippen molar-refractivity contribution in [3.05, 3.63) is 29.7 Å². The van der Waals surface area contributed by atoms with Gasteiger partial charge in [-0.05, 0) is 18.2 Å². The van der Waals surface area contributed by atoms with Crippen LogP contribution in [0.15, 0.2) is 22.6 Å². The Bertz CT molecular complexity index is 431. The van der Waals surface area contributed by atoms with Crippen LogP contribution in [0, 0.1) is 6.92 Å². The summed E-state index contributed by atoms with van der Waals surface area (Å²) >= 11 is 0. The third kappa shape index (κ3) is 0.993. The second-order valence-electron chi connectivity index (χ2n) is 2.58. The Kier molecular flexibility index (Phi) is 1.43. The van der Waals surface area contributed by atoms with Crippen molar-refractivity contribution in [3.63, 3.8) is 0 Å². The van der Waals surface area contributed by atoms with Crippen molar-refractivity contribution in [3.8, 4) is 0 Å². The standard InChI is InChI=1S/C9H7NO2/c1-6-10-8-3-2-7(5-11)4-9(8)12-6/h2-5H,1H3. The zero-order valence-electron chi connectivity index (χ0n) is 6.57. The Morgan fingerprint density at radius 2 is 2.33 bits per heavy atom. The van der Waals surface area contributed by atoms with Gasteiger partial charge in [-0.1, -0.05) is 0 Å². The highest BCUT2D eigenvalue weighted by atomic mass is 16.3. The molecular weight excluding hydrogens is 154 g/mol. The first-order valence-electron chi connectivity index (χ1n) is 3.62. The van der Waals surface area contributed by atoms with Gasteiger partial charge in [0, 0.05) is 12.5 Å². The number of hydrogen-bond acceptors (Lipinski definition) is 3. The quantitative estimate of drug-likeness (QED) is 0.600. The van der Waals surface area contributed by atoms with Crippen LogP contribution in [-0.2, 0) is 0 Å². The molecule has 0 saturated heterocycles. The third-order valence-electron chi connectivity index (χ3n) is 1.66. The van der Waals surface area contributed by atoms with E-state index >= 15 is 0 Å². The Hall–Kier alpha value is -1.64. The minimum atomic E-state index is 0.610. The topological polar surface area (TPSA) is 43.1 Å². The molecule has 0 N–H and O–H groups in total. The van der Waals surface area contributed by atoms with Crippen molar-refractivity contribution in [1.29, 1.82) is 0 Å². The average molecular weight is 161 g/mol. The van der Waals surface area contributed by atoms with Gasteiger partial charge in [0.15, 0.2) is 11.5 Å². The van der Waals surface area contributed by atoms with Gasteiger partial charge in [0.05, 0.1) is 0 Å². The zero-order chi connectivity index (χ0) is 8.55. The molecule has 2 aromatic rings. The van der Waals surface area contributed by atoms with Gasteiger partial charge in [-0.25, -0.2) is 4.98 Å². The fourth-order valence-electron chi connectivity index (χ4n) is 1.13.